The first kappa shape index (κ1) is 12.6. The van der Waals surface area contributed by atoms with Crippen LogP contribution in [-0.2, 0) is 18.6 Å². The fraction of sp³-hybridized carbons (Fsp3) is 0.455. The minimum Gasteiger partial charge on any atom is -0.325 e. The van der Waals surface area contributed by atoms with Gasteiger partial charge in [0.25, 0.3) is 0 Å². The zero-order chi connectivity index (χ0) is 12.3. The van der Waals surface area contributed by atoms with Crippen LogP contribution in [0.3, 0.4) is 0 Å². The molecule has 2 heterocycles. The lowest BCUT2D eigenvalue weighted by molar-refractivity contribution is 0.397. The number of nitrogens with two attached hydrogens (primary N) is 1. The molecule has 0 aliphatic carbocycles. The number of nitrogens with one attached hydrogen (secondary N) is 1. The topological polar surface area (TPSA) is 63.8 Å². The van der Waals surface area contributed by atoms with E-state index >= 15 is 0 Å². The van der Waals surface area contributed by atoms with Crippen molar-refractivity contribution in [2.45, 2.75) is 32.5 Å². The van der Waals surface area contributed by atoms with Crippen molar-refractivity contribution < 1.29 is 0 Å². The molecule has 2 aromatic heterocycles. The van der Waals surface area contributed by atoms with Crippen LogP contribution in [0.1, 0.15) is 29.6 Å². The Morgan fingerprint density at radius 3 is 2.82 bits per heavy atom. The molecule has 0 fully saturated rings. The van der Waals surface area contributed by atoms with Gasteiger partial charge in [-0.15, -0.1) is 22.7 Å². The Bertz CT molecular complexity index is 462. The highest BCUT2D eigenvalue weighted by Crippen LogP contribution is 2.22. The SMILES string of the molecule is CC(C)(NCc1csc(CN)n1)c1nccs1. The molecule has 0 atom stereocenters. The van der Waals surface area contributed by atoms with Gasteiger partial charge in [-0.25, -0.2) is 9.97 Å². The van der Waals surface area contributed by atoms with E-state index < -0.39 is 0 Å². The van der Waals surface area contributed by atoms with Crippen molar-refractivity contribution in [3.8, 4) is 0 Å². The molecule has 17 heavy (non-hydrogen) atoms. The van der Waals surface area contributed by atoms with Crippen LogP contribution < -0.4 is 11.1 Å². The van der Waals surface area contributed by atoms with Crippen LogP contribution in [0.15, 0.2) is 17.0 Å². The zero-order valence-electron chi connectivity index (χ0n) is 9.93. The Balaban J connectivity index is 1.97. The van der Waals surface area contributed by atoms with Gasteiger partial charge in [0.1, 0.15) is 10.0 Å². The number of rotatable bonds is 5. The van der Waals surface area contributed by atoms with Gasteiger partial charge in [0.2, 0.25) is 0 Å². The van der Waals surface area contributed by atoms with E-state index in [0.717, 1.165) is 22.3 Å². The fourth-order valence-corrected chi connectivity index (χ4v) is 2.86. The van der Waals surface area contributed by atoms with E-state index in [1.54, 1.807) is 22.7 Å². The Morgan fingerprint density at radius 1 is 1.41 bits per heavy atom. The zero-order valence-corrected chi connectivity index (χ0v) is 11.6. The third-order valence-electron chi connectivity index (χ3n) is 2.45. The molecular formula is C11H16N4S2. The molecule has 0 radical (unpaired) electrons. The highest BCUT2D eigenvalue weighted by molar-refractivity contribution is 7.09. The van der Waals surface area contributed by atoms with Gasteiger partial charge >= 0.3 is 0 Å². The van der Waals surface area contributed by atoms with Crippen LogP contribution in [0.4, 0.5) is 0 Å². The van der Waals surface area contributed by atoms with Crippen molar-refractivity contribution in [3.05, 3.63) is 32.7 Å². The molecule has 0 bridgehead atoms. The fourth-order valence-electron chi connectivity index (χ4n) is 1.44. The summed E-state index contributed by atoms with van der Waals surface area (Å²) in [5.74, 6) is 0. The molecule has 6 heteroatoms. The van der Waals surface area contributed by atoms with Gasteiger partial charge in [-0.2, -0.15) is 0 Å². The number of nitrogens with zero attached hydrogens (tertiary/aromatic N) is 2. The molecule has 0 saturated heterocycles. The van der Waals surface area contributed by atoms with Crippen LogP contribution in [0.2, 0.25) is 0 Å². The Morgan fingerprint density at radius 2 is 2.24 bits per heavy atom. The normalized spacial score (nSPS) is 11.9. The molecule has 2 rings (SSSR count). The third-order valence-corrected chi connectivity index (χ3v) is 4.47. The van der Waals surface area contributed by atoms with Crippen molar-refractivity contribution in [3.63, 3.8) is 0 Å². The maximum atomic E-state index is 5.54. The van der Waals surface area contributed by atoms with Crippen LogP contribution in [-0.4, -0.2) is 9.97 Å². The molecule has 0 saturated carbocycles. The van der Waals surface area contributed by atoms with Gasteiger partial charge in [-0.05, 0) is 13.8 Å². The highest BCUT2D eigenvalue weighted by Gasteiger charge is 2.22. The van der Waals surface area contributed by atoms with Gasteiger partial charge < -0.3 is 11.1 Å². The molecule has 0 unspecified atom stereocenters. The smallest absolute Gasteiger partial charge is 0.112 e. The summed E-state index contributed by atoms with van der Waals surface area (Å²) < 4.78 is 0. The molecule has 2 aromatic rings. The van der Waals surface area contributed by atoms with Crippen molar-refractivity contribution in [2.75, 3.05) is 0 Å². The van der Waals surface area contributed by atoms with Gasteiger partial charge in [0, 0.05) is 30.0 Å². The van der Waals surface area contributed by atoms with Crippen LogP contribution in [0, 0.1) is 0 Å². The van der Waals surface area contributed by atoms with Crippen molar-refractivity contribution in [2.24, 2.45) is 5.73 Å². The number of hydrogen-bond donors (Lipinski definition) is 2. The van der Waals surface area contributed by atoms with Crippen molar-refractivity contribution >= 4 is 22.7 Å². The van der Waals surface area contributed by atoms with E-state index in [2.05, 4.69) is 29.1 Å². The molecule has 0 amide bonds. The van der Waals surface area contributed by atoms with Gasteiger partial charge in [-0.1, -0.05) is 0 Å². The van der Waals surface area contributed by atoms with E-state index in [0.29, 0.717) is 6.54 Å². The third kappa shape index (κ3) is 3.10. The highest BCUT2D eigenvalue weighted by atomic mass is 32.1. The standard InChI is InChI=1S/C11H16N4S2/c1-11(2,10-13-3-4-16-10)14-6-8-7-17-9(5-12)15-8/h3-4,7,14H,5-6,12H2,1-2H3. The first-order chi connectivity index (χ1) is 8.12. The van der Waals surface area contributed by atoms with E-state index in [-0.39, 0.29) is 5.54 Å². The second kappa shape index (κ2) is 5.22. The average molecular weight is 268 g/mol. The first-order valence-corrected chi connectivity index (χ1v) is 7.16. The van der Waals surface area contributed by atoms with Gasteiger partial charge in [0.15, 0.2) is 0 Å². The molecule has 0 aliphatic heterocycles. The monoisotopic (exact) mass is 268 g/mol. The summed E-state index contributed by atoms with van der Waals surface area (Å²) in [6.45, 7) is 5.51. The number of aromatic nitrogens is 2. The van der Waals surface area contributed by atoms with E-state index in [4.69, 9.17) is 5.73 Å². The van der Waals surface area contributed by atoms with Crippen molar-refractivity contribution in [1.82, 2.24) is 15.3 Å². The Hall–Kier alpha value is -0.820. The Kier molecular flexibility index (Phi) is 3.88. The van der Waals surface area contributed by atoms with Gasteiger partial charge in [0.05, 0.1) is 11.2 Å². The lowest BCUT2D eigenvalue weighted by atomic mass is 10.1. The maximum absolute atomic E-state index is 5.54. The minimum absolute atomic E-state index is 0.124. The molecule has 4 nitrogen and oxygen atoms in total. The van der Waals surface area contributed by atoms with Crippen LogP contribution in [0.5, 0.6) is 0 Å². The maximum Gasteiger partial charge on any atom is 0.112 e. The lowest BCUT2D eigenvalue weighted by Gasteiger charge is -2.23. The quantitative estimate of drug-likeness (QED) is 0.871. The first-order valence-electron chi connectivity index (χ1n) is 5.40. The Labute approximate surface area is 109 Å². The molecule has 0 aromatic carbocycles. The summed E-state index contributed by atoms with van der Waals surface area (Å²) in [5.41, 5.74) is 6.46. The summed E-state index contributed by atoms with van der Waals surface area (Å²) in [6, 6.07) is 0. The summed E-state index contributed by atoms with van der Waals surface area (Å²) in [7, 11) is 0. The largest absolute Gasteiger partial charge is 0.325 e. The summed E-state index contributed by atoms with van der Waals surface area (Å²) in [4.78, 5) is 8.77. The second-order valence-corrected chi connectivity index (χ2v) is 6.09. The predicted octanol–water partition coefficient (Wildman–Crippen LogP) is 2.08. The van der Waals surface area contributed by atoms with Gasteiger partial charge in [-0.3, -0.25) is 0 Å². The van der Waals surface area contributed by atoms with E-state index in [1.165, 1.54) is 0 Å². The summed E-state index contributed by atoms with van der Waals surface area (Å²) in [5, 5.41) is 9.58. The summed E-state index contributed by atoms with van der Waals surface area (Å²) in [6.07, 6.45) is 1.83. The van der Waals surface area contributed by atoms with Crippen LogP contribution in [0.25, 0.3) is 0 Å². The van der Waals surface area contributed by atoms with E-state index in [9.17, 15) is 0 Å². The van der Waals surface area contributed by atoms with Crippen molar-refractivity contribution in [1.29, 1.82) is 0 Å². The number of hydrogen-bond acceptors (Lipinski definition) is 6. The predicted molar refractivity (Wildman–Crippen MR) is 72.0 cm³/mol. The number of thiazole rings is 2. The summed E-state index contributed by atoms with van der Waals surface area (Å²) >= 11 is 3.27. The van der Waals surface area contributed by atoms with Crippen LogP contribution >= 0.6 is 22.7 Å². The minimum atomic E-state index is -0.124. The average Bonchev–Trinajstić information content (AvgIpc) is 2.98. The van der Waals surface area contributed by atoms with E-state index in [1.807, 2.05) is 17.0 Å². The molecule has 0 spiro atoms. The molecule has 92 valence electrons. The second-order valence-electron chi connectivity index (χ2n) is 4.25. The molecule has 0 aliphatic rings. The molecule has 3 N–H and O–H groups in total. The lowest BCUT2D eigenvalue weighted by Crippen LogP contribution is -2.35. The molecular weight excluding hydrogens is 252 g/mol.